The van der Waals surface area contributed by atoms with Gasteiger partial charge in [-0.05, 0) is 47.1 Å². The van der Waals surface area contributed by atoms with Gasteiger partial charge in [0.15, 0.2) is 0 Å². The minimum atomic E-state index is -0.504. The van der Waals surface area contributed by atoms with E-state index in [-0.39, 0.29) is 11.6 Å². The summed E-state index contributed by atoms with van der Waals surface area (Å²) in [5.74, 6) is 0. The van der Waals surface area contributed by atoms with Gasteiger partial charge in [0.2, 0.25) is 0 Å². The molecule has 0 saturated heterocycles. The van der Waals surface area contributed by atoms with Gasteiger partial charge in [-0.2, -0.15) is 5.10 Å². The molecule has 23 heavy (non-hydrogen) atoms. The number of aliphatic hydroxyl groups excluding tert-OH is 1. The Morgan fingerprint density at radius 1 is 1.26 bits per heavy atom. The molecule has 2 unspecified atom stereocenters. The van der Waals surface area contributed by atoms with Crippen LogP contribution in [0.4, 0.5) is 0 Å². The number of benzene rings is 1. The Balaban J connectivity index is 2.02. The summed E-state index contributed by atoms with van der Waals surface area (Å²) in [5, 5.41) is 18.4. The molecule has 4 nitrogen and oxygen atoms in total. The third kappa shape index (κ3) is 4.43. The van der Waals surface area contributed by atoms with E-state index in [0.29, 0.717) is 6.54 Å². The Hall–Kier alpha value is -1.65. The predicted octanol–water partition coefficient (Wildman–Crippen LogP) is 3.64. The van der Waals surface area contributed by atoms with Crippen molar-refractivity contribution < 1.29 is 5.11 Å². The first kappa shape index (κ1) is 17.7. The summed E-state index contributed by atoms with van der Waals surface area (Å²) in [6.07, 6.45) is 1.60. The van der Waals surface area contributed by atoms with E-state index in [4.69, 9.17) is 0 Å². The second kappa shape index (κ2) is 6.85. The molecule has 0 aliphatic rings. The lowest BCUT2D eigenvalue weighted by atomic mass is 10.1. The van der Waals surface area contributed by atoms with Crippen LogP contribution < -0.4 is 5.32 Å². The first-order valence-corrected chi connectivity index (χ1v) is 8.23. The van der Waals surface area contributed by atoms with E-state index in [0.717, 1.165) is 16.8 Å². The number of hydrogen-bond donors (Lipinski definition) is 2. The van der Waals surface area contributed by atoms with Crippen molar-refractivity contribution >= 4 is 0 Å². The highest BCUT2D eigenvalue weighted by molar-refractivity contribution is 5.25. The van der Waals surface area contributed by atoms with Crippen LogP contribution in [0.1, 0.15) is 62.2 Å². The topological polar surface area (TPSA) is 50.1 Å². The van der Waals surface area contributed by atoms with Gasteiger partial charge in [0.05, 0.1) is 17.3 Å². The maximum atomic E-state index is 10.4. The van der Waals surface area contributed by atoms with Crippen molar-refractivity contribution in [1.82, 2.24) is 15.1 Å². The molecule has 2 N–H and O–H groups in total. The van der Waals surface area contributed by atoms with E-state index in [1.807, 2.05) is 42.8 Å². The van der Waals surface area contributed by atoms with Crippen LogP contribution in [0, 0.1) is 13.8 Å². The van der Waals surface area contributed by atoms with Crippen molar-refractivity contribution in [3.63, 3.8) is 0 Å². The molecule has 0 spiro atoms. The third-order valence-electron chi connectivity index (χ3n) is 4.13. The first-order valence-electron chi connectivity index (χ1n) is 8.23. The summed E-state index contributed by atoms with van der Waals surface area (Å²) < 4.78 is 2.01. The summed E-state index contributed by atoms with van der Waals surface area (Å²) >= 11 is 0. The first-order chi connectivity index (χ1) is 10.7. The normalized spacial score (nSPS) is 14.7. The highest BCUT2D eigenvalue weighted by atomic mass is 16.3. The van der Waals surface area contributed by atoms with E-state index >= 15 is 0 Å². The van der Waals surface area contributed by atoms with Gasteiger partial charge in [0.25, 0.3) is 0 Å². The second-order valence-corrected chi connectivity index (χ2v) is 7.35. The molecular weight excluding hydrogens is 286 g/mol. The molecule has 2 aromatic rings. The molecule has 126 valence electrons. The molecule has 0 amide bonds. The number of rotatable bonds is 5. The van der Waals surface area contributed by atoms with Crippen molar-refractivity contribution in [3.8, 4) is 0 Å². The molecule has 0 radical (unpaired) electrons. The molecule has 0 bridgehead atoms. The maximum absolute atomic E-state index is 10.4. The number of aliphatic hydroxyl groups is 1. The molecule has 4 heteroatoms. The minimum absolute atomic E-state index is 0.0240. The van der Waals surface area contributed by atoms with Crippen molar-refractivity contribution in [1.29, 1.82) is 0 Å². The maximum Gasteiger partial charge on any atom is 0.0914 e. The summed E-state index contributed by atoms with van der Waals surface area (Å²) in [7, 11) is 0. The van der Waals surface area contributed by atoms with Crippen molar-refractivity contribution in [3.05, 3.63) is 52.8 Å². The summed E-state index contributed by atoms with van der Waals surface area (Å²) in [5.41, 5.74) is 4.30. The molecule has 0 aliphatic heterocycles. The van der Waals surface area contributed by atoms with Crippen LogP contribution in [0.5, 0.6) is 0 Å². The van der Waals surface area contributed by atoms with Crippen LogP contribution >= 0.6 is 0 Å². The van der Waals surface area contributed by atoms with Crippen LogP contribution in [0.2, 0.25) is 0 Å². The number of aromatic nitrogens is 2. The smallest absolute Gasteiger partial charge is 0.0914 e. The van der Waals surface area contributed by atoms with Crippen LogP contribution in [0.3, 0.4) is 0 Å². The Kier molecular flexibility index (Phi) is 5.27. The molecule has 0 aliphatic carbocycles. The SMILES string of the molecule is Cc1cccc(C(O)CNC(C)c2cn(C(C)(C)C)nc2C)c1. The molecular formula is C19H29N3O. The van der Waals surface area contributed by atoms with E-state index < -0.39 is 6.10 Å². The summed E-state index contributed by atoms with van der Waals surface area (Å²) in [6.45, 7) is 13.1. The predicted molar refractivity (Wildman–Crippen MR) is 94.5 cm³/mol. The van der Waals surface area contributed by atoms with E-state index in [1.54, 1.807) is 0 Å². The molecule has 2 atom stereocenters. The minimum Gasteiger partial charge on any atom is -0.387 e. The van der Waals surface area contributed by atoms with Crippen molar-refractivity contribution in [2.75, 3.05) is 6.54 Å². The summed E-state index contributed by atoms with van der Waals surface area (Å²) in [6, 6.07) is 8.16. The van der Waals surface area contributed by atoms with Crippen molar-refractivity contribution in [2.24, 2.45) is 0 Å². The van der Waals surface area contributed by atoms with Crippen LogP contribution in [0.25, 0.3) is 0 Å². The fourth-order valence-electron chi connectivity index (χ4n) is 2.64. The van der Waals surface area contributed by atoms with Crippen LogP contribution in [0.15, 0.2) is 30.5 Å². The van der Waals surface area contributed by atoms with Gasteiger partial charge in [-0.3, -0.25) is 4.68 Å². The molecule has 0 saturated carbocycles. The number of aryl methyl sites for hydroxylation is 2. The van der Waals surface area contributed by atoms with E-state index in [2.05, 4.69) is 44.3 Å². The largest absolute Gasteiger partial charge is 0.387 e. The standard InChI is InChI=1S/C19H29N3O/c1-13-8-7-9-16(10-13)18(23)11-20-14(2)17-12-22(19(4,5)6)21-15(17)3/h7-10,12,14,18,20,23H,11H2,1-6H3. The van der Waals surface area contributed by atoms with Gasteiger partial charge in [-0.25, -0.2) is 0 Å². The van der Waals surface area contributed by atoms with Gasteiger partial charge in [0, 0.05) is 24.3 Å². The number of nitrogens with one attached hydrogen (secondary N) is 1. The highest BCUT2D eigenvalue weighted by Gasteiger charge is 2.19. The van der Waals surface area contributed by atoms with Crippen LogP contribution in [-0.4, -0.2) is 21.4 Å². The Morgan fingerprint density at radius 2 is 1.96 bits per heavy atom. The molecule has 1 heterocycles. The quantitative estimate of drug-likeness (QED) is 0.885. The lowest BCUT2D eigenvalue weighted by Crippen LogP contribution is -2.25. The van der Waals surface area contributed by atoms with Gasteiger partial charge in [-0.1, -0.05) is 29.8 Å². The fraction of sp³-hybridized carbons (Fsp3) is 0.526. The molecule has 2 rings (SSSR count). The highest BCUT2D eigenvalue weighted by Crippen LogP contribution is 2.22. The monoisotopic (exact) mass is 315 g/mol. The Labute approximate surface area is 139 Å². The second-order valence-electron chi connectivity index (χ2n) is 7.35. The zero-order valence-electron chi connectivity index (χ0n) is 15.1. The average molecular weight is 315 g/mol. The Morgan fingerprint density at radius 3 is 2.52 bits per heavy atom. The third-order valence-corrected chi connectivity index (χ3v) is 4.13. The fourth-order valence-corrected chi connectivity index (χ4v) is 2.64. The van der Waals surface area contributed by atoms with E-state index in [9.17, 15) is 5.11 Å². The zero-order valence-corrected chi connectivity index (χ0v) is 15.1. The lowest BCUT2D eigenvalue weighted by Gasteiger charge is -2.19. The zero-order chi connectivity index (χ0) is 17.2. The van der Waals surface area contributed by atoms with Crippen LogP contribution in [-0.2, 0) is 5.54 Å². The number of hydrogen-bond acceptors (Lipinski definition) is 3. The average Bonchev–Trinajstić information content (AvgIpc) is 2.86. The molecule has 1 aromatic heterocycles. The molecule has 0 fully saturated rings. The Bertz CT molecular complexity index is 655. The van der Waals surface area contributed by atoms with Gasteiger partial charge in [-0.15, -0.1) is 0 Å². The van der Waals surface area contributed by atoms with Crippen molar-refractivity contribution in [2.45, 2.75) is 59.2 Å². The lowest BCUT2D eigenvalue weighted by molar-refractivity contribution is 0.170. The molecule has 1 aromatic carbocycles. The van der Waals surface area contributed by atoms with Gasteiger partial charge < -0.3 is 10.4 Å². The van der Waals surface area contributed by atoms with E-state index in [1.165, 1.54) is 5.56 Å². The van der Waals surface area contributed by atoms with Gasteiger partial charge >= 0.3 is 0 Å². The van der Waals surface area contributed by atoms with Gasteiger partial charge in [0.1, 0.15) is 0 Å². The number of nitrogens with zero attached hydrogens (tertiary/aromatic N) is 2. The summed E-state index contributed by atoms with van der Waals surface area (Å²) in [4.78, 5) is 0.